The van der Waals surface area contributed by atoms with Gasteiger partial charge in [-0.2, -0.15) is 0 Å². The van der Waals surface area contributed by atoms with Gasteiger partial charge >= 0.3 is 0 Å². The molecule has 7 heteroatoms. The molecule has 0 radical (unpaired) electrons. The van der Waals surface area contributed by atoms with Crippen LogP contribution in [0.15, 0.2) is 33.7 Å². The van der Waals surface area contributed by atoms with Crippen molar-refractivity contribution in [3.8, 4) is 0 Å². The fourth-order valence-electron chi connectivity index (χ4n) is 1.39. The van der Waals surface area contributed by atoms with E-state index in [2.05, 4.69) is 10.5 Å². The summed E-state index contributed by atoms with van der Waals surface area (Å²) in [6.45, 7) is 3.72. The predicted octanol–water partition coefficient (Wildman–Crippen LogP) is 1.68. The van der Waals surface area contributed by atoms with Crippen LogP contribution in [0.1, 0.15) is 11.3 Å². The minimum atomic E-state index is -3.66. The molecule has 96 valence electrons. The quantitative estimate of drug-likeness (QED) is 0.881. The maximum absolute atomic E-state index is 11.1. The Labute approximate surface area is 105 Å². The summed E-state index contributed by atoms with van der Waals surface area (Å²) in [5.74, 6) is 0.538. The van der Waals surface area contributed by atoms with Gasteiger partial charge in [-0.15, -0.1) is 0 Å². The number of hydrogen-bond donors (Lipinski definition) is 2. The number of nitrogens with one attached hydrogen (secondary N) is 1. The van der Waals surface area contributed by atoms with Crippen molar-refractivity contribution in [3.63, 3.8) is 0 Å². The number of primary sulfonamides is 1. The molecule has 0 amide bonds. The van der Waals surface area contributed by atoms with Gasteiger partial charge in [0.2, 0.25) is 15.9 Å². The molecule has 0 aliphatic heterocycles. The maximum Gasteiger partial charge on any atom is 0.238 e. The third-order valence-corrected chi connectivity index (χ3v) is 3.53. The highest BCUT2D eigenvalue weighted by Crippen LogP contribution is 2.23. The van der Waals surface area contributed by atoms with Crippen LogP contribution in [-0.4, -0.2) is 13.6 Å². The smallest absolute Gasteiger partial charge is 0.238 e. The molecule has 3 N–H and O–H groups in total. The van der Waals surface area contributed by atoms with Gasteiger partial charge in [0.25, 0.3) is 0 Å². The Kier molecular flexibility index (Phi) is 3.10. The Balaban J connectivity index is 2.24. The molecule has 1 aromatic heterocycles. The van der Waals surface area contributed by atoms with Crippen LogP contribution in [0.3, 0.4) is 0 Å². The lowest BCUT2D eigenvalue weighted by atomic mass is 10.2. The Bertz CT molecular complexity index is 659. The molecule has 1 aromatic carbocycles. The van der Waals surface area contributed by atoms with Crippen LogP contribution in [0.25, 0.3) is 0 Å². The highest BCUT2D eigenvalue weighted by atomic mass is 32.2. The summed E-state index contributed by atoms with van der Waals surface area (Å²) in [5.41, 5.74) is 2.41. The van der Waals surface area contributed by atoms with Crippen molar-refractivity contribution < 1.29 is 12.9 Å². The zero-order chi connectivity index (χ0) is 13.3. The minimum Gasteiger partial charge on any atom is -0.338 e. The summed E-state index contributed by atoms with van der Waals surface area (Å²) >= 11 is 0. The summed E-state index contributed by atoms with van der Waals surface area (Å²) in [5, 5.41) is 11.8. The molecule has 0 aliphatic rings. The first-order valence-electron chi connectivity index (χ1n) is 5.20. The van der Waals surface area contributed by atoms with Crippen LogP contribution >= 0.6 is 0 Å². The van der Waals surface area contributed by atoms with Crippen molar-refractivity contribution >= 4 is 21.6 Å². The summed E-state index contributed by atoms with van der Waals surface area (Å²) in [6, 6.07) is 6.07. The predicted molar refractivity (Wildman–Crippen MR) is 67.1 cm³/mol. The first-order chi connectivity index (χ1) is 8.38. The molecule has 0 atom stereocenters. The number of hydrogen-bond acceptors (Lipinski definition) is 5. The number of nitrogens with zero attached hydrogens (tertiary/aromatic N) is 1. The highest BCUT2D eigenvalue weighted by molar-refractivity contribution is 7.89. The number of nitrogens with two attached hydrogens (primary N) is 1. The molecular formula is C11H13N3O3S. The number of benzene rings is 1. The van der Waals surface area contributed by atoms with Crippen LogP contribution in [-0.2, 0) is 10.0 Å². The Morgan fingerprint density at radius 3 is 2.28 bits per heavy atom. The number of rotatable bonds is 3. The largest absolute Gasteiger partial charge is 0.338 e. The normalized spacial score (nSPS) is 11.5. The zero-order valence-corrected chi connectivity index (χ0v) is 10.8. The standard InChI is InChI=1S/C11H13N3O3S/c1-7-8(2)14-17-11(7)13-9-3-5-10(6-4-9)18(12,15)16/h3-6,13H,1-2H3,(H2,12,15,16). The third kappa shape index (κ3) is 2.52. The molecule has 2 aromatic rings. The average Bonchev–Trinajstić information content (AvgIpc) is 2.61. The molecule has 6 nitrogen and oxygen atoms in total. The van der Waals surface area contributed by atoms with Crippen molar-refractivity contribution in [3.05, 3.63) is 35.5 Å². The van der Waals surface area contributed by atoms with Crippen molar-refractivity contribution in [2.75, 3.05) is 5.32 Å². The van der Waals surface area contributed by atoms with E-state index in [9.17, 15) is 8.42 Å². The topological polar surface area (TPSA) is 98.2 Å². The van der Waals surface area contributed by atoms with E-state index in [1.165, 1.54) is 12.1 Å². The summed E-state index contributed by atoms with van der Waals surface area (Å²) < 4.78 is 27.3. The first-order valence-corrected chi connectivity index (χ1v) is 6.75. The van der Waals surface area contributed by atoms with E-state index < -0.39 is 10.0 Å². The van der Waals surface area contributed by atoms with Gasteiger partial charge in [-0.3, -0.25) is 0 Å². The van der Waals surface area contributed by atoms with Crippen LogP contribution < -0.4 is 10.5 Å². The van der Waals surface area contributed by atoms with Crippen molar-refractivity contribution in [2.45, 2.75) is 18.7 Å². The lowest BCUT2D eigenvalue weighted by Crippen LogP contribution is -2.11. The third-order valence-electron chi connectivity index (χ3n) is 2.60. The molecule has 0 fully saturated rings. The van der Waals surface area contributed by atoms with Gasteiger partial charge < -0.3 is 9.84 Å². The Hall–Kier alpha value is -1.86. The molecule has 2 rings (SSSR count). The molecule has 0 aliphatic carbocycles. The van der Waals surface area contributed by atoms with Gasteiger partial charge in [-0.05, 0) is 38.1 Å². The molecule has 0 spiro atoms. The highest BCUT2D eigenvalue weighted by Gasteiger charge is 2.10. The average molecular weight is 267 g/mol. The second-order valence-electron chi connectivity index (χ2n) is 3.92. The first kappa shape index (κ1) is 12.6. The van der Waals surface area contributed by atoms with Crippen molar-refractivity contribution in [1.29, 1.82) is 0 Å². The Morgan fingerprint density at radius 1 is 1.22 bits per heavy atom. The van der Waals surface area contributed by atoms with Crippen LogP contribution in [0.5, 0.6) is 0 Å². The van der Waals surface area contributed by atoms with Gasteiger partial charge in [0.1, 0.15) is 0 Å². The van der Waals surface area contributed by atoms with E-state index in [4.69, 9.17) is 9.66 Å². The van der Waals surface area contributed by atoms with E-state index in [1.54, 1.807) is 12.1 Å². The molecule has 18 heavy (non-hydrogen) atoms. The molecule has 0 saturated heterocycles. The molecule has 0 bridgehead atoms. The summed E-state index contributed by atoms with van der Waals surface area (Å²) in [7, 11) is -3.66. The van der Waals surface area contributed by atoms with Crippen LogP contribution in [0.2, 0.25) is 0 Å². The number of aromatic nitrogens is 1. The van der Waals surface area contributed by atoms with Crippen LogP contribution in [0, 0.1) is 13.8 Å². The maximum atomic E-state index is 11.1. The number of anilines is 2. The second-order valence-corrected chi connectivity index (χ2v) is 5.48. The van der Waals surface area contributed by atoms with E-state index in [1.807, 2.05) is 13.8 Å². The fraction of sp³-hybridized carbons (Fsp3) is 0.182. The molecular weight excluding hydrogens is 254 g/mol. The molecule has 0 unspecified atom stereocenters. The van der Waals surface area contributed by atoms with Crippen LogP contribution in [0.4, 0.5) is 11.6 Å². The zero-order valence-electron chi connectivity index (χ0n) is 9.97. The lowest BCUT2D eigenvalue weighted by Gasteiger charge is -2.04. The van der Waals surface area contributed by atoms with Gasteiger partial charge in [-0.25, -0.2) is 13.6 Å². The molecule has 1 heterocycles. The lowest BCUT2D eigenvalue weighted by molar-refractivity contribution is 0.429. The van der Waals surface area contributed by atoms with Gasteiger partial charge in [0.15, 0.2) is 0 Å². The fourth-order valence-corrected chi connectivity index (χ4v) is 1.91. The molecule has 0 saturated carbocycles. The summed E-state index contributed by atoms with van der Waals surface area (Å²) in [6.07, 6.45) is 0. The van der Waals surface area contributed by atoms with E-state index in [-0.39, 0.29) is 4.90 Å². The van der Waals surface area contributed by atoms with E-state index >= 15 is 0 Å². The minimum absolute atomic E-state index is 0.0681. The van der Waals surface area contributed by atoms with Crippen molar-refractivity contribution in [2.24, 2.45) is 5.14 Å². The monoisotopic (exact) mass is 267 g/mol. The summed E-state index contributed by atoms with van der Waals surface area (Å²) in [4.78, 5) is 0.0681. The van der Waals surface area contributed by atoms with E-state index in [0.29, 0.717) is 11.6 Å². The number of aryl methyl sites for hydroxylation is 1. The Morgan fingerprint density at radius 2 is 1.83 bits per heavy atom. The van der Waals surface area contributed by atoms with Gasteiger partial charge in [-0.1, -0.05) is 5.16 Å². The van der Waals surface area contributed by atoms with Crippen molar-refractivity contribution in [1.82, 2.24) is 5.16 Å². The second kappa shape index (κ2) is 4.43. The van der Waals surface area contributed by atoms with E-state index in [0.717, 1.165) is 11.3 Å². The SMILES string of the molecule is Cc1noc(Nc2ccc(S(N)(=O)=O)cc2)c1C. The number of sulfonamides is 1. The van der Waals surface area contributed by atoms with Gasteiger partial charge in [0, 0.05) is 11.3 Å². The van der Waals surface area contributed by atoms with Gasteiger partial charge in [0.05, 0.1) is 10.6 Å².